The summed E-state index contributed by atoms with van der Waals surface area (Å²) in [6, 6.07) is 0. The Kier molecular flexibility index (Phi) is 1.94. The van der Waals surface area contributed by atoms with Gasteiger partial charge in [0.1, 0.15) is 6.33 Å². The maximum Gasteiger partial charge on any atom is 0.182 e. The molecule has 0 saturated heterocycles. The van der Waals surface area contributed by atoms with Crippen molar-refractivity contribution in [3.63, 3.8) is 0 Å². The molecular weight excluding hydrogens is 184 g/mol. The summed E-state index contributed by atoms with van der Waals surface area (Å²) in [7, 11) is 0. The fourth-order valence-corrected chi connectivity index (χ4v) is 1.49. The van der Waals surface area contributed by atoms with E-state index in [1.807, 2.05) is 17.7 Å². The van der Waals surface area contributed by atoms with Gasteiger partial charge in [-0.25, -0.2) is 9.97 Å². The molecule has 0 unspecified atom stereocenters. The number of nitrogens with one attached hydrogen (secondary N) is 1. The van der Waals surface area contributed by atoms with Crippen LogP contribution >= 0.6 is 12.2 Å². The minimum absolute atomic E-state index is 0.660. The van der Waals surface area contributed by atoms with Crippen LogP contribution in [0.2, 0.25) is 0 Å². The van der Waals surface area contributed by atoms with Gasteiger partial charge >= 0.3 is 0 Å². The molecular formula is C8H8N4S. The lowest BCUT2D eigenvalue weighted by Crippen LogP contribution is -1.97. The van der Waals surface area contributed by atoms with Gasteiger partial charge in [-0.3, -0.25) is 4.57 Å². The molecule has 0 atom stereocenters. The van der Waals surface area contributed by atoms with E-state index in [1.54, 1.807) is 12.4 Å². The number of aromatic amines is 1. The van der Waals surface area contributed by atoms with Crippen molar-refractivity contribution in [1.82, 2.24) is 19.5 Å². The maximum atomic E-state index is 5.11. The van der Waals surface area contributed by atoms with Crippen molar-refractivity contribution in [2.75, 3.05) is 0 Å². The Hall–Kier alpha value is -1.49. The van der Waals surface area contributed by atoms with Gasteiger partial charge in [0.05, 0.1) is 18.1 Å². The Bertz CT molecular complexity index is 456. The molecule has 0 aliphatic heterocycles. The van der Waals surface area contributed by atoms with Gasteiger partial charge in [0.2, 0.25) is 0 Å². The van der Waals surface area contributed by atoms with Crippen LogP contribution in [0.15, 0.2) is 24.9 Å². The molecule has 0 aliphatic carbocycles. The van der Waals surface area contributed by atoms with Crippen molar-refractivity contribution in [2.45, 2.75) is 6.92 Å². The van der Waals surface area contributed by atoms with Crippen LogP contribution in [0, 0.1) is 11.7 Å². The average Bonchev–Trinajstić information content (AvgIpc) is 2.48. The first kappa shape index (κ1) is 8.12. The smallest absolute Gasteiger partial charge is 0.182 e. The molecule has 0 radical (unpaired) electrons. The lowest BCUT2D eigenvalue weighted by molar-refractivity contribution is 0.954. The van der Waals surface area contributed by atoms with Gasteiger partial charge < -0.3 is 4.98 Å². The third-order valence-electron chi connectivity index (χ3n) is 1.77. The lowest BCUT2D eigenvalue weighted by Gasteiger charge is -2.02. The van der Waals surface area contributed by atoms with E-state index in [0.29, 0.717) is 4.77 Å². The zero-order valence-electron chi connectivity index (χ0n) is 7.06. The van der Waals surface area contributed by atoms with Crippen LogP contribution in [0.3, 0.4) is 0 Å². The highest BCUT2D eigenvalue weighted by molar-refractivity contribution is 7.71. The molecule has 0 spiro atoms. The summed E-state index contributed by atoms with van der Waals surface area (Å²) in [5.74, 6) is 0. The summed E-state index contributed by atoms with van der Waals surface area (Å²) >= 11 is 5.11. The summed E-state index contributed by atoms with van der Waals surface area (Å²) in [5.41, 5.74) is 1.92. The first-order chi connectivity index (χ1) is 6.29. The molecule has 2 heterocycles. The van der Waals surface area contributed by atoms with Gasteiger partial charge in [-0.15, -0.1) is 0 Å². The fourth-order valence-electron chi connectivity index (χ4n) is 1.18. The summed E-state index contributed by atoms with van der Waals surface area (Å²) in [6.45, 7) is 1.97. The Labute approximate surface area is 80.3 Å². The lowest BCUT2D eigenvalue weighted by atomic mass is 10.4. The molecule has 0 saturated carbocycles. The van der Waals surface area contributed by atoms with Crippen LogP contribution in [-0.2, 0) is 0 Å². The zero-order chi connectivity index (χ0) is 9.26. The molecule has 0 amide bonds. The molecule has 2 aromatic heterocycles. The second-order valence-corrected chi connectivity index (χ2v) is 3.05. The molecule has 13 heavy (non-hydrogen) atoms. The van der Waals surface area contributed by atoms with E-state index in [-0.39, 0.29) is 0 Å². The van der Waals surface area contributed by atoms with E-state index in [9.17, 15) is 0 Å². The zero-order valence-corrected chi connectivity index (χ0v) is 7.88. The number of aryl methyl sites for hydroxylation is 1. The van der Waals surface area contributed by atoms with E-state index in [4.69, 9.17) is 12.2 Å². The van der Waals surface area contributed by atoms with E-state index in [2.05, 4.69) is 15.0 Å². The van der Waals surface area contributed by atoms with Crippen LogP contribution in [0.25, 0.3) is 5.69 Å². The average molecular weight is 192 g/mol. The van der Waals surface area contributed by atoms with Crippen molar-refractivity contribution in [1.29, 1.82) is 0 Å². The molecule has 2 rings (SSSR count). The van der Waals surface area contributed by atoms with Crippen molar-refractivity contribution >= 4 is 12.2 Å². The van der Waals surface area contributed by atoms with Crippen molar-refractivity contribution in [3.05, 3.63) is 35.4 Å². The second kappa shape index (κ2) is 3.10. The van der Waals surface area contributed by atoms with Crippen LogP contribution in [0.4, 0.5) is 0 Å². The highest BCUT2D eigenvalue weighted by atomic mass is 32.1. The van der Waals surface area contributed by atoms with Gasteiger partial charge in [0, 0.05) is 11.9 Å². The van der Waals surface area contributed by atoms with Gasteiger partial charge in [-0.2, -0.15) is 0 Å². The van der Waals surface area contributed by atoms with Crippen molar-refractivity contribution in [2.24, 2.45) is 0 Å². The van der Waals surface area contributed by atoms with Crippen LogP contribution in [0.5, 0.6) is 0 Å². The summed E-state index contributed by atoms with van der Waals surface area (Å²) < 4.78 is 2.54. The molecule has 0 aromatic carbocycles. The third kappa shape index (κ3) is 1.38. The quantitative estimate of drug-likeness (QED) is 0.698. The molecule has 0 fully saturated rings. The largest absolute Gasteiger partial charge is 0.337 e. The van der Waals surface area contributed by atoms with Gasteiger partial charge in [-0.1, -0.05) is 0 Å². The first-order valence-electron chi connectivity index (χ1n) is 3.81. The molecule has 0 bridgehead atoms. The topological polar surface area (TPSA) is 46.5 Å². The minimum Gasteiger partial charge on any atom is -0.337 e. The van der Waals surface area contributed by atoms with Gasteiger partial charge in [-0.05, 0) is 19.1 Å². The Morgan fingerprint density at radius 1 is 1.38 bits per heavy atom. The Morgan fingerprint density at radius 3 is 2.62 bits per heavy atom. The first-order valence-corrected chi connectivity index (χ1v) is 4.22. The van der Waals surface area contributed by atoms with Crippen LogP contribution < -0.4 is 0 Å². The number of hydrogen-bond donors (Lipinski definition) is 1. The second-order valence-electron chi connectivity index (χ2n) is 2.67. The number of H-pyrrole nitrogens is 1. The third-order valence-corrected chi connectivity index (χ3v) is 2.07. The predicted octanol–water partition coefficient (Wildman–Crippen LogP) is 1.63. The number of imidazole rings is 1. The standard InChI is InChI=1S/C8H8N4S/c1-6-2-11-8(13)12(6)7-3-9-5-10-4-7/h2-5H,1H3,(H,11,13). The van der Waals surface area contributed by atoms with Crippen molar-refractivity contribution < 1.29 is 0 Å². The fraction of sp³-hybridized carbons (Fsp3) is 0.125. The van der Waals surface area contributed by atoms with Crippen LogP contribution in [-0.4, -0.2) is 19.5 Å². The molecule has 0 aliphatic rings. The Balaban J connectivity index is 2.65. The summed E-state index contributed by atoms with van der Waals surface area (Å²) in [6.07, 6.45) is 6.80. The Morgan fingerprint density at radius 2 is 2.08 bits per heavy atom. The van der Waals surface area contributed by atoms with Gasteiger partial charge in [0.15, 0.2) is 4.77 Å². The molecule has 66 valence electrons. The highest BCUT2D eigenvalue weighted by Crippen LogP contribution is 2.08. The SMILES string of the molecule is Cc1c[nH]c(=S)n1-c1cncnc1. The van der Waals surface area contributed by atoms with Gasteiger partial charge in [0.25, 0.3) is 0 Å². The van der Waals surface area contributed by atoms with E-state index < -0.39 is 0 Å². The monoisotopic (exact) mass is 192 g/mol. The molecule has 2 aromatic rings. The maximum absolute atomic E-state index is 5.11. The summed E-state index contributed by atoms with van der Waals surface area (Å²) in [5, 5.41) is 0. The molecule has 5 heteroatoms. The highest BCUT2D eigenvalue weighted by Gasteiger charge is 2.01. The normalized spacial score (nSPS) is 10.2. The minimum atomic E-state index is 0.660. The van der Waals surface area contributed by atoms with E-state index >= 15 is 0 Å². The predicted molar refractivity (Wildman–Crippen MR) is 51.3 cm³/mol. The van der Waals surface area contributed by atoms with Crippen molar-refractivity contribution in [3.8, 4) is 5.69 Å². The van der Waals surface area contributed by atoms with E-state index in [0.717, 1.165) is 11.4 Å². The number of aromatic nitrogens is 4. The van der Waals surface area contributed by atoms with E-state index in [1.165, 1.54) is 6.33 Å². The van der Waals surface area contributed by atoms with Crippen LogP contribution in [0.1, 0.15) is 5.69 Å². The number of rotatable bonds is 1. The molecule has 1 N–H and O–H groups in total. The summed E-state index contributed by atoms with van der Waals surface area (Å²) in [4.78, 5) is 10.8. The molecule has 4 nitrogen and oxygen atoms in total. The number of nitrogens with zero attached hydrogens (tertiary/aromatic N) is 3. The number of hydrogen-bond acceptors (Lipinski definition) is 3.